The lowest BCUT2D eigenvalue weighted by Gasteiger charge is -2.26. The Bertz CT molecular complexity index is 930. The molecular weight excluding hydrogens is 364 g/mol. The van der Waals surface area contributed by atoms with Gasteiger partial charge in [-0.2, -0.15) is 0 Å². The molecule has 0 aromatic heterocycles. The zero-order valence-electron chi connectivity index (χ0n) is 13.7. The molecule has 1 N–H and O–H groups in total. The third-order valence-electron chi connectivity index (χ3n) is 3.72. The molecule has 0 spiro atoms. The van der Waals surface area contributed by atoms with Gasteiger partial charge in [-0.1, -0.05) is 12.1 Å². The highest BCUT2D eigenvalue weighted by molar-refractivity contribution is 7.89. The number of para-hydroxylation sites is 2. The predicted molar refractivity (Wildman–Crippen MR) is 91.2 cm³/mol. The van der Waals surface area contributed by atoms with E-state index in [2.05, 4.69) is 4.72 Å². The summed E-state index contributed by atoms with van der Waals surface area (Å²) in [4.78, 5) is 9.93. The third kappa shape index (κ3) is 3.70. The van der Waals surface area contributed by atoms with Gasteiger partial charge < -0.3 is 14.2 Å². The quantitative estimate of drug-likeness (QED) is 0.599. The van der Waals surface area contributed by atoms with Crippen molar-refractivity contribution < 1.29 is 27.6 Å². The number of sulfonamides is 1. The number of nitro benzene ring substituents is 1. The van der Waals surface area contributed by atoms with Gasteiger partial charge in [-0.05, 0) is 18.2 Å². The molecule has 9 nitrogen and oxygen atoms in total. The summed E-state index contributed by atoms with van der Waals surface area (Å²) >= 11 is 0. The van der Waals surface area contributed by atoms with Crippen LogP contribution in [0.25, 0.3) is 0 Å². The summed E-state index contributed by atoms with van der Waals surface area (Å²) in [5, 5.41) is 10.9. The molecule has 0 aliphatic carbocycles. The summed E-state index contributed by atoms with van der Waals surface area (Å²) in [6.45, 7) is 0.105. The molecule has 2 aromatic rings. The number of rotatable bonds is 6. The van der Waals surface area contributed by atoms with E-state index in [1.807, 2.05) is 0 Å². The molecule has 0 fully saturated rings. The molecule has 1 heterocycles. The Hall–Kier alpha value is -2.85. The number of benzene rings is 2. The monoisotopic (exact) mass is 380 g/mol. The Balaban J connectivity index is 1.76. The summed E-state index contributed by atoms with van der Waals surface area (Å²) in [5.74, 6) is 1.12. The first-order valence-electron chi connectivity index (χ1n) is 7.61. The molecule has 3 rings (SSSR count). The van der Waals surface area contributed by atoms with Crippen LogP contribution in [0.2, 0.25) is 0 Å². The van der Waals surface area contributed by atoms with Crippen LogP contribution in [0.3, 0.4) is 0 Å². The number of hydrogen-bond donors (Lipinski definition) is 1. The van der Waals surface area contributed by atoms with E-state index < -0.39 is 21.1 Å². The Morgan fingerprint density at radius 2 is 2.00 bits per heavy atom. The Labute approximate surface area is 149 Å². The Kier molecular flexibility index (Phi) is 4.96. The molecule has 0 saturated heterocycles. The number of hydrogen-bond acceptors (Lipinski definition) is 7. The first-order valence-corrected chi connectivity index (χ1v) is 9.09. The van der Waals surface area contributed by atoms with Gasteiger partial charge in [0, 0.05) is 12.1 Å². The zero-order chi connectivity index (χ0) is 18.7. The van der Waals surface area contributed by atoms with Crippen molar-refractivity contribution in [3.05, 3.63) is 52.6 Å². The molecule has 1 atom stereocenters. The molecule has 138 valence electrons. The van der Waals surface area contributed by atoms with Gasteiger partial charge in [0.05, 0.1) is 18.6 Å². The van der Waals surface area contributed by atoms with Crippen LogP contribution in [-0.4, -0.2) is 39.7 Å². The van der Waals surface area contributed by atoms with Crippen molar-refractivity contribution >= 4 is 15.7 Å². The molecule has 0 amide bonds. The van der Waals surface area contributed by atoms with Gasteiger partial charge >= 0.3 is 0 Å². The van der Waals surface area contributed by atoms with Gasteiger partial charge in [-0.3, -0.25) is 10.1 Å². The minimum absolute atomic E-state index is 0.00857. The molecule has 1 aliphatic rings. The van der Waals surface area contributed by atoms with Crippen LogP contribution in [-0.2, 0) is 10.0 Å². The number of nitrogens with zero attached hydrogens (tertiary/aromatic N) is 1. The highest BCUT2D eigenvalue weighted by Gasteiger charge is 2.26. The second-order valence-electron chi connectivity index (χ2n) is 5.44. The number of nitro groups is 1. The zero-order valence-corrected chi connectivity index (χ0v) is 14.6. The Morgan fingerprint density at radius 1 is 1.27 bits per heavy atom. The molecule has 1 aliphatic heterocycles. The third-order valence-corrected chi connectivity index (χ3v) is 5.16. The minimum atomic E-state index is -4.05. The van der Waals surface area contributed by atoms with E-state index in [4.69, 9.17) is 14.2 Å². The molecule has 0 saturated carbocycles. The van der Waals surface area contributed by atoms with Crippen molar-refractivity contribution in [1.29, 1.82) is 0 Å². The summed E-state index contributed by atoms with van der Waals surface area (Å²) < 4.78 is 43.7. The molecule has 0 unspecified atom stereocenters. The van der Waals surface area contributed by atoms with Crippen LogP contribution in [0.5, 0.6) is 17.2 Å². The van der Waals surface area contributed by atoms with Gasteiger partial charge in [0.15, 0.2) is 11.5 Å². The van der Waals surface area contributed by atoms with Crippen molar-refractivity contribution in [1.82, 2.24) is 4.72 Å². The first-order chi connectivity index (χ1) is 12.4. The van der Waals surface area contributed by atoms with E-state index >= 15 is 0 Å². The van der Waals surface area contributed by atoms with E-state index in [0.717, 1.165) is 6.07 Å². The normalized spacial score (nSPS) is 16.1. The van der Waals surface area contributed by atoms with Crippen molar-refractivity contribution in [2.75, 3.05) is 20.3 Å². The topological polar surface area (TPSA) is 117 Å². The van der Waals surface area contributed by atoms with Crippen molar-refractivity contribution in [2.45, 2.75) is 11.0 Å². The van der Waals surface area contributed by atoms with E-state index in [0.29, 0.717) is 11.5 Å². The van der Waals surface area contributed by atoms with E-state index in [-0.39, 0.29) is 29.5 Å². The summed E-state index contributed by atoms with van der Waals surface area (Å²) in [6, 6.07) is 10.4. The van der Waals surface area contributed by atoms with Crippen LogP contribution in [0.4, 0.5) is 5.69 Å². The van der Waals surface area contributed by atoms with Crippen molar-refractivity contribution in [2.24, 2.45) is 0 Å². The fourth-order valence-electron chi connectivity index (χ4n) is 2.43. The number of methoxy groups -OCH3 is 1. The van der Waals surface area contributed by atoms with Gasteiger partial charge in [0.2, 0.25) is 10.0 Å². The van der Waals surface area contributed by atoms with Crippen molar-refractivity contribution in [3.8, 4) is 17.2 Å². The summed E-state index contributed by atoms with van der Waals surface area (Å²) in [7, 11) is -2.76. The SMILES string of the molecule is COc1ccc([N+](=O)[O-])cc1S(=O)(=O)NC[C@@H]1COc2ccccc2O1. The molecule has 10 heteroatoms. The molecule has 26 heavy (non-hydrogen) atoms. The second kappa shape index (κ2) is 7.18. The van der Waals surface area contributed by atoms with Crippen LogP contribution < -0.4 is 18.9 Å². The highest BCUT2D eigenvalue weighted by atomic mass is 32.2. The number of ether oxygens (including phenoxy) is 3. The van der Waals surface area contributed by atoms with E-state index in [9.17, 15) is 18.5 Å². The van der Waals surface area contributed by atoms with Crippen LogP contribution in [0, 0.1) is 10.1 Å². The van der Waals surface area contributed by atoms with Crippen molar-refractivity contribution in [3.63, 3.8) is 0 Å². The largest absolute Gasteiger partial charge is 0.495 e. The minimum Gasteiger partial charge on any atom is -0.495 e. The maximum Gasteiger partial charge on any atom is 0.271 e. The lowest BCUT2D eigenvalue weighted by Crippen LogP contribution is -2.40. The molecule has 2 aromatic carbocycles. The van der Waals surface area contributed by atoms with Gasteiger partial charge in [0.25, 0.3) is 5.69 Å². The van der Waals surface area contributed by atoms with Gasteiger partial charge in [0.1, 0.15) is 23.4 Å². The molecule has 0 bridgehead atoms. The number of nitrogens with one attached hydrogen (secondary N) is 1. The average molecular weight is 380 g/mol. The van der Waals surface area contributed by atoms with Gasteiger partial charge in [-0.15, -0.1) is 0 Å². The predicted octanol–water partition coefficient (Wildman–Crippen LogP) is 1.72. The maximum atomic E-state index is 12.6. The van der Waals surface area contributed by atoms with E-state index in [1.54, 1.807) is 24.3 Å². The molecular formula is C16H16N2O7S. The lowest BCUT2D eigenvalue weighted by atomic mass is 10.2. The van der Waals surface area contributed by atoms with Gasteiger partial charge in [-0.25, -0.2) is 13.1 Å². The van der Waals surface area contributed by atoms with Crippen LogP contribution >= 0.6 is 0 Å². The van der Waals surface area contributed by atoms with Crippen LogP contribution in [0.1, 0.15) is 0 Å². The van der Waals surface area contributed by atoms with Crippen LogP contribution in [0.15, 0.2) is 47.4 Å². The lowest BCUT2D eigenvalue weighted by molar-refractivity contribution is -0.385. The first kappa shape index (κ1) is 18.0. The maximum absolute atomic E-state index is 12.6. The summed E-state index contributed by atoms with van der Waals surface area (Å²) in [6.07, 6.45) is -0.538. The number of non-ortho nitro benzene ring substituents is 1. The Morgan fingerprint density at radius 3 is 2.69 bits per heavy atom. The smallest absolute Gasteiger partial charge is 0.271 e. The number of fused-ring (bicyclic) bond motifs is 1. The fraction of sp³-hybridized carbons (Fsp3) is 0.250. The summed E-state index contributed by atoms with van der Waals surface area (Å²) in [5.41, 5.74) is -0.350. The fourth-order valence-corrected chi connectivity index (χ4v) is 3.69. The average Bonchev–Trinajstić information content (AvgIpc) is 2.65. The standard InChI is InChI=1S/C16H16N2O7S/c1-23-15-7-6-11(18(19)20)8-16(15)26(21,22)17-9-12-10-24-13-4-2-3-5-14(13)25-12/h2-8,12,17H,9-10H2,1H3/t12-/m1/s1. The van der Waals surface area contributed by atoms with E-state index in [1.165, 1.54) is 19.2 Å². The highest BCUT2D eigenvalue weighted by Crippen LogP contribution is 2.31. The second-order valence-corrected chi connectivity index (χ2v) is 7.18. The molecule has 0 radical (unpaired) electrons.